The molecule has 1 aliphatic carbocycles. The van der Waals surface area contributed by atoms with Gasteiger partial charge in [0, 0.05) is 44.2 Å². The Labute approximate surface area is 148 Å². The molecule has 0 saturated carbocycles. The Morgan fingerprint density at radius 2 is 1.80 bits per heavy atom. The molecule has 0 unspecified atom stereocenters. The number of fused-ring (bicyclic) bond motifs is 1. The Morgan fingerprint density at radius 1 is 1.08 bits per heavy atom. The van der Waals surface area contributed by atoms with Gasteiger partial charge in [0.2, 0.25) is 11.9 Å². The summed E-state index contributed by atoms with van der Waals surface area (Å²) < 4.78 is 5.43. The highest BCUT2D eigenvalue weighted by molar-refractivity contribution is 5.79. The molecule has 25 heavy (non-hydrogen) atoms. The molecular formula is C19H26N4O2. The minimum Gasteiger partial charge on any atom is -0.378 e. The average Bonchev–Trinajstić information content (AvgIpc) is 3.09. The zero-order valence-electron chi connectivity index (χ0n) is 14.9. The third kappa shape index (κ3) is 3.40. The molecular weight excluding hydrogens is 316 g/mol. The first kappa shape index (κ1) is 16.5. The summed E-state index contributed by atoms with van der Waals surface area (Å²) in [5.41, 5.74) is 3.41. The molecule has 6 nitrogen and oxygen atoms in total. The van der Waals surface area contributed by atoms with Gasteiger partial charge in [-0.05, 0) is 31.7 Å². The van der Waals surface area contributed by atoms with Crippen LogP contribution in [0.3, 0.4) is 0 Å². The Kier molecular flexibility index (Phi) is 4.70. The number of ether oxygens (including phenoxy) is 1. The van der Waals surface area contributed by atoms with E-state index >= 15 is 0 Å². The van der Waals surface area contributed by atoms with Crippen LogP contribution in [-0.4, -0.2) is 60.2 Å². The molecule has 0 radical (unpaired) electrons. The topological polar surface area (TPSA) is 58.6 Å². The van der Waals surface area contributed by atoms with E-state index in [1.54, 1.807) is 0 Å². The number of carbonyl (C=O) groups excluding carboxylic acids is 1. The average molecular weight is 342 g/mol. The van der Waals surface area contributed by atoms with Gasteiger partial charge < -0.3 is 14.5 Å². The van der Waals surface area contributed by atoms with Crippen LogP contribution in [0.2, 0.25) is 0 Å². The quantitative estimate of drug-likeness (QED) is 0.763. The van der Waals surface area contributed by atoms with E-state index in [1.807, 2.05) is 4.90 Å². The van der Waals surface area contributed by atoms with Crippen LogP contribution in [0.25, 0.3) is 0 Å². The summed E-state index contributed by atoms with van der Waals surface area (Å²) in [6.45, 7) is 6.77. The molecule has 134 valence electrons. The third-order valence-electron chi connectivity index (χ3n) is 5.50. The van der Waals surface area contributed by atoms with Crippen LogP contribution < -0.4 is 4.90 Å². The lowest BCUT2D eigenvalue weighted by Crippen LogP contribution is -2.37. The van der Waals surface area contributed by atoms with Crippen molar-refractivity contribution < 1.29 is 9.53 Å². The van der Waals surface area contributed by atoms with E-state index < -0.39 is 0 Å². The van der Waals surface area contributed by atoms with E-state index in [9.17, 15) is 4.79 Å². The van der Waals surface area contributed by atoms with Gasteiger partial charge >= 0.3 is 0 Å². The molecule has 1 aromatic rings. The summed E-state index contributed by atoms with van der Waals surface area (Å²) in [6.07, 6.45) is 7.71. The van der Waals surface area contributed by atoms with Crippen molar-refractivity contribution in [3.8, 4) is 0 Å². The molecule has 1 fully saturated rings. The lowest BCUT2D eigenvalue weighted by Gasteiger charge is -2.27. The number of rotatable bonds is 2. The van der Waals surface area contributed by atoms with Gasteiger partial charge in [-0.3, -0.25) is 4.79 Å². The lowest BCUT2D eigenvalue weighted by atomic mass is 10.1. The van der Waals surface area contributed by atoms with E-state index in [1.165, 1.54) is 5.56 Å². The van der Waals surface area contributed by atoms with Crippen molar-refractivity contribution in [2.75, 3.05) is 44.3 Å². The second kappa shape index (κ2) is 7.12. The summed E-state index contributed by atoms with van der Waals surface area (Å²) in [5, 5.41) is 0. The second-order valence-electron chi connectivity index (χ2n) is 7.10. The van der Waals surface area contributed by atoms with Crippen LogP contribution >= 0.6 is 0 Å². The molecule has 3 aliphatic rings. The highest BCUT2D eigenvalue weighted by atomic mass is 16.5. The molecule has 0 aromatic carbocycles. The van der Waals surface area contributed by atoms with Crippen molar-refractivity contribution in [2.45, 2.75) is 32.6 Å². The van der Waals surface area contributed by atoms with Gasteiger partial charge in [0.25, 0.3) is 0 Å². The monoisotopic (exact) mass is 342 g/mol. The van der Waals surface area contributed by atoms with Crippen molar-refractivity contribution >= 4 is 11.9 Å². The number of allylic oxidation sites excluding steroid dienone is 2. The SMILES string of the molecule is Cc1nc(N2CCOCC2)nc2c1CCN(C(=O)C1CC=CC1)CC2. The Balaban J connectivity index is 1.50. The number of nitrogens with zero attached hydrogens (tertiary/aromatic N) is 4. The van der Waals surface area contributed by atoms with Crippen molar-refractivity contribution in [3.05, 3.63) is 29.1 Å². The number of aryl methyl sites for hydroxylation is 1. The smallest absolute Gasteiger partial charge is 0.226 e. The first-order valence-corrected chi connectivity index (χ1v) is 9.35. The number of hydrogen-bond donors (Lipinski definition) is 0. The maximum Gasteiger partial charge on any atom is 0.226 e. The first-order valence-electron chi connectivity index (χ1n) is 9.35. The Morgan fingerprint density at radius 3 is 2.56 bits per heavy atom. The standard InChI is InChI=1S/C19H26N4O2/c1-14-16-6-8-22(18(24)15-4-2-3-5-15)9-7-17(16)21-19(20-14)23-10-12-25-13-11-23/h2-3,15H,4-13H2,1H3. The van der Waals surface area contributed by atoms with E-state index in [4.69, 9.17) is 14.7 Å². The number of amides is 1. The highest BCUT2D eigenvalue weighted by Gasteiger charge is 2.28. The molecule has 1 amide bonds. The molecule has 0 bridgehead atoms. The number of carbonyl (C=O) groups is 1. The fourth-order valence-corrected chi connectivity index (χ4v) is 3.97. The molecule has 2 aliphatic heterocycles. The molecule has 4 rings (SSSR count). The van der Waals surface area contributed by atoms with Crippen molar-refractivity contribution in [3.63, 3.8) is 0 Å². The van der Waals surface area contributed by atoms with Gasteiger partial charge in [-0.1, -0.05) is 12.2 Å². The predicted octanol–water partition coefficient (Wildman–Crippen LogP) is 1.52. The summed E-state index contributed by atoms with van der Waals surface area (Å²) in [7, 11) is 0. The molecule has 3 heterocycles. The maximum atomic E-state index is 12.7. The number of aromatic nitrogens is 2. The number of hydrogen-bond acceptors (Lipinski definition) is 5. The van der Waals surface area contributed by atoms with Crippen LogP contribution in [0.5, 0.6) is 0 Å². The molecule has 0 N–H and O–H groups in total. The minimum atomic E-state index is 0.150. The van der Waals surface area contributed by atoms with Gasteiger partial charge in [0.15, 0.2) is 0 Å². The maximum absolute atomic E-state index is 12.7. The van der Waals surface area contributed by atoms with Crippen molar-refractivity contribution in [2.24, 2.45) is 5.92 Å². The Bertz CT molecular complexity index is 674. The third-order valence-corrected chi connectivity index (χ3v) is 5.50. The fraction of sp³-hybridized carbons (Fsp3) is 0.632. The van der Waals surface area contributed by atoms with Crippen LogP contribution in [0.1, 0.15) is 29.8 Å². The highest BCUT2D eigenvalue weighted by Crippen LogP contribution is 2.24. The van der Waals surface area contributed by atoms with Gasteiger partial charge in [0.05, 0.1) is 18.9 Å². The Hall–Kier alpha value is -1.95. The molecule has 0 atom stereocenters. The fourth-order valence-electron chi connectivity index (χ4n) is 3.97. The molecule has 1 aromatic heterocycles. The van der Waals surface area contributed by atoms with Crippen molar-refractivity contribution in [1.29, 1.82) is 0 Å². The van der Waals surface area contributed by atoms with Gasteiger partial charge in [-0.25, -0.2) is 9.97 Å². The molecule has 0 spiro atoms. The first-order chi connectivity index (χ1) is 12.2. The van der Waals surface area contributed by atoms with Crippen LogP contribution in [0.15, 0.2) is 12.2 Å². The van der Waals surface area contributed by atoms with Crippen LogP contribution in [0, 0.1) is 12.8 Å². The van der Waals surface area contributed by atoms with Gasteiger partial charge in [0.1, 0.15) is 0 Å². The lowest BCUT2D eigenvalue weighted by molar-refractivity contribution is -0.135. The van der Waals surface area contributed by atoms with E-state index in [2.05, 4.69) is 24.0 Å². The van der Waals surface area contributed by atoms with Gasteiger partial charge in [-0.15, -0.1) is 0 Å². The molecule has 1 saturated heterocycles. The van der Waals surface area contributed by atoms with E-state index in [-0.39, 0.29) is 5.92 Å². The van der Waals surface area contributed by atoms with Crippen LogP contribution in [0.4, 0.5) is 5.95 Å². The van der Waals surface area contributed by atoms with Crippen LogP contribution in [-0.2, 0) is 22.4 Å². The van der Waals surface area contributed by atoms with Crippen molar-refractivity contribution in [1.82, 2.24) is 14.9 Å². The zero-order valence-corrected chi connectivity index (χ0v) is 14.9. The predicted molar refractivity (Wildman–Crippen MR) is 95.7 cm³/mol. The van der Waals surface area contributed by atoms with E-state index in [0.717, 1.165) is 82.4 Å². The van der Waals surface area contributed by atoms with Gasteiger partial charge in [-0.2, -0.15) is 0 Å². The second-order valence-corrected chi connectivity index (χ2v) is 7.10. The normalized spacial score (nSPS) is 21.3. The number of morpholine rings is 1. The minimum absolute atomic E-state index is 0.150. The number of anilines is 1. The summed E-state index contributed by atoms with van der Waals surface area (Å²) >= 11 is 0. The van der Waals surface area contributed by atoms with E-state index in [0.29, 0.717) is 5.91 Å². The largest absolute Gasteiger partial charge is 0.378 e. The summed E-state index contributed by atoms with van der Waals surface area (Å²) in [4.78, 5) is 26.6. The molecule has 6 heteroatoms. The summed E-state index contributed by atoms with van der Waals surface area (Å²) in [5.74, 6) is 1.27. The summed E-state index contributed by atoms with van der Waals surface area (Å²) in [6, 6.07) is 0. The zero-order chi connectivity index (χ0) is 17.2.